The summed E-state index contributed by atoms with van der Waals surface area (Å²) in [5.41, 5.74) is 1.18. The van der Waals surface area contributed by atoms with Crippen molar-refractivity contribution in [2.24, 2.45) is 5.92 Å². The number of fused-ring (bicyclic) bond motifs is 1. The van der Waals surface area contributed by atoms with Gasteiger partial charge in [-0.2, -0.15) is 14.8 Å². The molecule has 1 atom stereocenters. The molecule has 5 rings (SSSR count). The number of hydrogen-bond donors (Lipinski definition) is 1. The number of amides is 1. The number of rotatable bonds is 6. The minimum absolute atomic E-state index is 0.163. The summed E-state index contributed by atoms with van der Waals surface area (Å²) in [7, 11) is 0. The Hall–Kier alpha value is -2.85. The van der Waals surface area contributed by atoms with Crippen LogP contribution in [0.3, 0.4) is 0 Å². The number of para-hydroxylation sites is 1. The molecule has 1 aromatic carbocycles. The summed E-state index contributed by atoms with van der Waals surface area (Å²) >= 11 is 0. The van der Waals surface area contributed by atoms with Gasteiger partial charge >= 0.3 is 0 Å². The first-order valence-electron chi connectivity index (χ1n) is 11.7. The molecule has 3 aromatic rings. The Morgan fingerprint density at radius 2 is 2.06 bits per heavy atom. The minimum atomic E-state index is -0.412. The molecule has 0 bridgehead atoms. The molecular weight excluding hydrogens is 427 g/mol. The number of piperidine rings is 1. The maximum absolute atomic E-state index is 14.6. The highest BCUT2D eigenvalue weighted by atomic mass is 19.1. The maximum atomic E-state index is 14.6. The van der Waals surface area contributed by atoms with Crippen molar-refractivity contribution in [1.82, 2.24) is 29.7 Å². The van der Waals surface area contributed by atoms with E-state index in [1.165, 1.54) is 10.7 Å². The van der Waals surface area contributed by atoms with Gasteiger partial charge in [0.1, 0.15) is 17.9 Å². The smallest absolute Gasteiger partial charge is 0.291 e. The van der Waals surface area contributed by atoms with Crippen molar-refractivity contribution in [3.05, 3.63) is 35.6 Å². The molecule has 2 fully saturated rings. The maximum Gasteiger partial charge on any atom is 0.291 e. The second-order valence-corrected chi connectivity index (χ2v) is 9.01. The van der Waals surface area contributed by atoms with Crippen molar-refractivity contribution < 1.29 is 18.8 Å². The van der Waals surface area contributed by atoms with E-state index in [0.717, 1.165) is 63.1 Å². The predicted octanol–water partition coefficient (Wildman–Crippen LogP) is 2.13. The molecule has 4 heterocycles. The lowest BCUT2D eigenvalue weighted by molar-refractivity contribution is -0.133. The molecule has 1 amide bonds. The molecule has 2 aromatic heterocycles. The average Bonchev–Trinajstić information content (AvgIpc) is 3.58. The van der Waals surface area contributed by atoms with Gasteiger partial charge in [0, 0.05) is 30.9 Å². The largest absolute Gasteiger partial charge is 0.387 e. The summed E-state index contributed by atoms with van der Waals surface area (Å²) in [5, 5.41) is 18.5. The minimum Gasteiger partial charge on any atom is -0.387 e. The van der Waals surface area contributed by atoms with Gasteiger partial charge < -0.3 is 19.4 Å². The highest BCUT2D eigenvalue weighted by Crippen LogP contribution is 2.30. The molecule has 2 aliphatic rings. The van der Waals surface area contributed by atoms with Crippen LogP contribution in [-0.2, 0) is 11.2 Å². The van der Waals surface area contributed by atoms with Crippen LogP contribution in [0.4, 0.5) is 4.39 Å². The van der Waals surface area contributed by atoms with Crippen LogP contribution in [0.5, 0.6) is 0 Å². The Morgan fingerprint density at radius 1 is 1.24 bits per heavy atom. The summed E-state index contributed by atoms with van der Waals surface area (Å²) in [6.07, 6.45) is 3.47. The number of likely N-dealkylation sites (tertiary alicyclic amines) is 2. The SMILES string of the molecule is CCc1nn(-c2noc(C3CCN(C[C@@H]4CCN(C(=O)CO)C4)CC3)n2)c2c(F)cccc12. The molecule has 0 radical (unpaired) electrons. The summed E-state index contributed by atoms with van der Waals surface area (Å²) in [6.45, 7) is 5.83. The van der Waals surface area contributed by atoms with Gasteiger partial charge in [0.25, 0.3) is 5.95 Å². The Bertz CT molecular complexity index is 1140. The van der Waals surface area contributed by atoms with E-state index >= 15 is 0 Å². The molecule has 0 unspecified atom stereocenters. The molecule has 0 saturated carbocycles. The van der Waals surface area contributed by atoms with E-state index in [9.17, 15) is 9.18 Å². The van der Waals surface area contributed by atoms with Crippen LogP contribution in [0.15, 0.2) is 22.7 Å². The van der Waals surface area contributed by atoms with Crippen LogP contribution in [0.1, 0.15) is 43.7 Å². The summed E-state index contributed by atoms with van der Waals surface area (Å²) in [5.74, 6) is 0.911. The third-order valence-corrected chi connectivity index (χ3v) is 6.91. The van der Waals surface area contributed by atoms with Gasteiger partial charge in [-0.05, 0) is 55.9 Å². The molecule has 0 spiro atoms. The lowest BCUT2D eigenvalue weighted by Gasteiger charge is -2.32. The summed E-state index contributed by atoms with van der Waals surface area (Å²) < 4.78 is 21.6. The van der Waals surface area contributed by atoms with Gasteiger partial charge in [0.2, 0.25) is 11.8 Å². The second kappa shape index (κ2) is 9.18. The quantitative estimate of drug-likeness (QED) is 0.606. The van der Waals surface area contributed by atoms with Gasteiger partial charge in [-0.25, -0.2) is 4.39 Å². The molecule has 1 N–H and O–H groups in total. The zero-order chi connectivity index (χ0) is 22.9. The lowest BCUT2D eigenvalue weighted by Crippen LogP contribution is -2.38. The third-order valence-electron chi connectivity index (χ3n) is 6.91. The average molecular weight is 457 g/mol. The Morgan fingerprint density at radius 3 is 2.82 bits per heavy atom. The Balaban J connectivity index is 1.23. The highest BCUT2D eigenvalue weighted by molar-refractivity contribution is 5.83. The topological polar surface area (TPSA) is 101 Å². The number of aryl methyl sites for hydroxylation is 1. The first kappa shape index (κ1) is 22.0. The first-order valence-corrected chi connectivity index (χ1v) is 11.7. The molecule has 10 heteroatoms. The van der Waals surface area contributed by atoms with E-state index in [0.29, 0.717) is 23.7 Å². The van der Waals surface area contributed by atoms with Gasteiger partial charge in [-0.15, -0.1) is 0 Å². The van der Waals surface area contributed by atoms with Crippen LogP contribution in [-0.4, -0.2) is 80.1 Å². The number of benzene rings is 1. The first-order chi connectivity index (χ1) is 16.1. The number of carbonyl (C=O) groups excluding carboxylic acids is 1. The van der Waals surface area contributed by atoms with Gasteiger partial charge in [0.15, 0.2) is 0 Å². The summed E-state index contributed by atoms with van der Waals surface area (Å²) in [6, 6.07) is 4.96. The fourth-order valence-corrected chi connectivity index (χ4v) is 5.11. The van der Waals surface area contributed by atoms with Crippen molar-refractivity contribution in [1.29, 1.82) is 0 Å². The molecule has 9 nitrogen and oxygen atoms in total. The van der Waals surface area contributed by atoms with Crippen LogP contribution in [0, 0.1) is 11.7 Å². The molecule has 33 heavy (non-hydrogen) atoms. The van der Waals surface area contributed by atoms with E-state index in [1.807, 2.05) is 13.0 Å². The molecular formula is C23H29FN6O3. The fourth-order valence-electron chi connectivity index (χ4n) is 5.11. The molecule has 2 aliphatic heterocycles. The van der Waals surface area contributed by atoms with E-state index in [2.05, 4.69) is 20.1 Å². The number of aliphatic hydroxyl groups excluding tert-OH is 1. The zero-order valence-electron chi connectivity index (χ0n) is 18.8. The van der Waals surface area contributed by atoms with Gasteiger partial charge in [0.05, 0.1) is 5.69 Å². The number of nitrogens with zero attached hydrogens (tertiary/aromatic N) is 6. The van der Waals surface area contributed by atoms with E-state index in [1.54, 1.807) is 11.0 Å². The predicted molar refractivity (Wildman–Crippen MR) is 118 cm³/mol. The third kappa shape index (κ3) is 4.24. The number of aromatic nitrogens is 4. The van der Waals surface area contributed by atoms with Crippen LogP contribution < -0.4 is 0 Å². The summed E-state index contributed by atoms with van der Waals surface area (Å²) in [4.78, 5) is 20.4. The standard InChI is InChI=1S/C23H29FN6O3/c1-2-19-17-4-3-5-18(24)21(17)30(26-19)23-25-22(33-27-23)16-7-9-28(10-8-16)12-15-6-11-29(13-15)20(32)14-31/h3-5,15-16,31H,2,6-14H2,1H3/t15-/m0/s1. The van der Waals surface area contributed by atoms with Crippen LogP contribution >= 0.6 is 0 Å². The van der Waals surface area contributed by atoms with Crippen molar-refractivity contribution in [3.63, 3.8) is 0 Å². The molecule has 0 aliphatic carbocycles. The monoisotopic (exact) mass is 456 g/mol. The van der Waals surface area contributed by atoms with E-state index in [4.69, 9.17) is 9.63 Å². The van der Waals surface area contributed by atoms with Crippen molar-refractivity contribution in [2.75, 3.05) is 39.3 Å². The van der Waals surface area contributed by atoms with Gasteiger partial charge in [-0.3, -0.25) is 4.79 Å². The number of carbonyl (C=O) groups is 1. The second-order valence-electron chi connectivity index (χ2n) is 9.01. The normalized spacial score (nSPS) is 20.2. The van der Waals surface area contributed by atoms with Crippen LogP contribution in [0.25, 0.3) is 16.9 Å². The van der Waals surface area contributed by atoms with E-state index < -0.39 is 6.61 Å². The Kier molecular flexibility index (Phi) is 6.11. The fraction of sp³-hybridized carbons (Fsp3) is 0.565. The number of halogens is 1. The zero-order valence-corrected chi connectivity index (χ0v) is 18.8. The van der Waals surface area contributed by atoms with Gasteiger partial charge in [-0.1, -0.05) is 19.1 Å². The van der Waals surface area contributed by atoms with Crippen LogP contribution in [0.2, 0.25) is 0 Å². The Labute approximate surface area is 191 Å². The van der Waals surface area contributed by atoms with E-state index in [-0.39, 0.29) is 23.6 Å². The lowest BCUT2D eigenvalue weighted by atomic mass is 9.95. The molecule has 2 saturated heterocycles. The number of aliphatic hydroxyl groups is 1. The molecule has 176 valence electrons. The number of hydrogen-bond acceptors (Lipinski definition) is 7. The highest BCUT2D eigenvalue weighted by Gasteiger charge is 2.31. The van der Waals surface area contributed by atoms with Crippen molar-refractivity contribution >= 4 is 16.8 Å². The van der Waals surface area contributed by atoms with Crippen molar-refractivity contribution in [3.8, 4) is 5.95 Å². The van der Waals surface area contributed by atoms with Crippen molar-refractivity contribution in [2.45, 2.75) is 38.5 Å².